The molecule has 1 aromatic heterocycles. The van der Waals surface area contributed by atoms with Gasteiger partial charge in [0.1, 0.15) is 12.0 Å². The molecular weight excluding hydrogens is 270 g/mol. The molecule has 7 nitrogen and oxygen atoms in total. The van der Waals surface area contributed by atoms with E-state index in [2.05, 4.69) is 15.3 Å². The molecule has 0 saturated carbocycles. The molecule has 1 aliphatic heterocycles. The van der Waals surface area contributed by atoms with Crippen LogP contribution >= 0.6 is 0 Å². The molecule has 0 fully saturated rings. The van der Waals surface area contributed by atoms with E-state index >= 15 is 0 Å². The van der Waals surface area contributed by atoms with Crippen LogP contribution in [0.4, 0.5) is 17.3 Å². The van der Waals surface area contributed by atoms with Crippen LogP contribution in [0.2, 0.25) is 0 Å². The predicted octanol–water partition coefficient (Wildman–Crippen LogP) is 1.47. The Morgan fingerprint density at radius 1 is 1.24 bits per heavy atom. The minimum absolute atomic E-state index is 0.275. The topological polar surface area (TPSA) is 85.5 Å². The molecule has 2 heterocycles. The maximum absolute atomic E-state index is 6.06. The van der Waals surface area contributed by atoms with Crippen molar-refractivity contribution in [2.24, 2.45) is 0 Å². The summed E-state index contributed by atoms with van der Waals surface area (Å²) in [4.78, 5) is 10.2. The van der Waals surface area contributed by atoms with Crippen molar-refractivity contribution < 1.29 is 9.47 Å². The van der Waals surface area contributed by atoms with Gasteiger partial charge in [-0.25, -0.2) is 9.97 Å². The third-order valence-electron chi connectivity index (χ3n) is 3.18. The number of nitrogens with two attached hydrogens (primary N) is 1. The Morgan fingerprint density at radius 2 is 2.05 bits per heavy atom. The lowest BCUT2D eigenvalue weighted by molar-refractivity contribution is 0.174. The molecule has 2 aromatic rings. The second-order valence-electron chi connectivity index (χ2n) is 4.90. The molecule has 0 bridgehead atoms. The fourth-order valence-electron chi connectivity index (χ4n) is 2.12. The Kier molecular flexibility index (Phi) is 3.39. The number of aromatic nitrogens is 2. The van der Waals surface area contributed by atoms with E-state index in [9.17, 15) is 0 Å². The normalized spacial score (nSPS) is 12.3. The third-order valence-corrected chi connectivity index (χ3v) is 3.18. The summed E-state index contributed by atoms with van der Waals surface area (Å²) in [6, 6.07) is 5.82. The summed E-state index contributed by atoms with van der Waals surface area (Å²) in [5.41, 5.74) is 7.65. The van der Waals surface area contributed by atoms with Crippen molar-refractivity contribution in [2.45, 2.75) is 6.54 Å². The number of rotatable bonds is 4. The molecule has 110 valence electrons. The van der Waals surface area contributed by atoms with Crippen molar-refractivity contribution in [1.82, 2.24) is 9.97 Å². The molecule has 3 N–H and O–H groups in total. The van der Waals surface area contributed by atoms with Crippen molar-refractivity contribution in [3.8, 4) is 11.5 Å². The van der Waals surface area contributed by atoms with Crippen LogP contribution in [0.25, 0.3) is 0 Å². The molecule has 0 atom stereocenters. The lowest BCUT2D eigenvalue weighted by Gasteiger charge is -2.16. The van der Waals surface area contributed by atoms with Gasteiger partial charge in [-0.15, -0.1) is 0 Å². The van der Waals surface area contributed by atoms with E-state index in [1.165, 1.54) is 6.33 Å². The molecule has 21 heavy (non-hydrogen) atoms. The van der Waals surface area contributed by atoms with E-state index in [4.69, 9.17) is 15.2 Å². The number of ether oxygens (including phenoxy) is 2. The first-order chi connectivity index (χ1) is 10.1. The van der Waals surface area contributed by atoms with Crippen LogP contribution in [-0.2, 0) is 6.54 Å². The van der Waals surface area contributed by atoms with Crippen molar-refractivity contribution in [3.05, 3.63) is 30.1 Å². The van der Waals surface area contributed by atoms with Crippen molar-refractivity contribution in [1.29, 1.82) is 0 Å². The largest absolute Gasteiger partial charge is 0.454 e. The van der Waals surface area contributed by atoms with Gasteiger partial charge in [-0.05, 0) is 17.7 Å². The van der Waals surface area contributed by atoms with Gasteiger partial charge < -0.3 is 25.4 Å². The van der Waals surface area contributed by atoms with Crippen LogP contribution in [0.5, 0.6) is 11.5 Å². The maximum atomic E-state index is 6.06. The standard InChI is InChI=1S/C14H17N5O2/c1-19(2)14-12(15)13(17-7-18-14)16-6-9-3-4-10-11(5-9)21-8-20-10/h3-5,7H,6,8,15H2,1-2H3,(H,16,17,18). The monoisotopic (exact) mass is 287 g/mol. The van der Waals surface area contributed by atoms with Gasteiger partial charge in [0.2, 0.25) is 6.79 Å². The van der Waals surface area contributed by atoms with E-state index in [1.54, 1.807) is 0 Å². The molecule has 7 heteroatoms. The minimum Gasteiger partial charge on any atom is -0.454 e. The fourth-order valence-corrected chi connectivity index (χ4v) is 2.12. The zero-order valence-electron chi connectivity index (χ0n) is 12.0. The highest BCUT2D eigenvalue weighted by Gasteiger charge is 2.14. The first-order valence-corrected chi connectivity index (χ1v) is 6.55. The number of benzene rings is 1. The van der Waals surface area contributed by atoms with E-state index in [0.717, 1.165) is 17.1 Å². The smallest absolute Gasteiger partial charge is 0.231 e. The Bertz CT molecular complexity index is 660. The fraction of sp³-hybridized carbons (Fsp3) is 0.286. The second kappa shape index (κ2) is 5.35. The lowest BCUT2D eigenvalue weighted by atomic mass is 10.2. The van der Waals surface area contributed by atoms with Gasteiger partial charge in [-0.3, -0.25) is 0 Å². The third kappa shape index (κ3) is 2.62. The molecule has 0 spiro atoms. The van der Waals surface area contributed by atoms with Crippen molar-refractivity contribution >= 4 is 17.3 Å². The molecule has 0 radical (unpaired) electrons. The summed E-state index contributed by atoms with van der Waals surface area (Å²) in [5, 5.41) is 3.22. The number of nitrogen functional groups attached to an aromatic ring is 1. The highest BCUT2D eigenvalue weighted by atomic mass is 16.7. The van der Waals surface area contributed by atoms with Gasteiger partial charge in [0.15, 0.2) is 23.1 Å². The SMILES string of the molecule is CN(C)c1ncnc(NCc2ccc3c(c2)OCO3)c1N. The Labute approximate surface area is 122 Å². The average Bonchev–Trinajstić information content (AvgIpc) is 2.93. The number of anilines is 3. The zero-order chi connectivity index (χ0) is 14.8. The van der Waals surface area contributed by atoms with Gasteiger partial charge in [0, 0.05) is 20.6 Å². The lowest BCUT2D eigenvalue weighted by Crippen LogP contribution is -2.15. The Morgan fingerprint density at radius 3 is 2.86 bits per heavy atom. The summed E-state index contributed by atoms with van der Waals surface area (Å²) < 4.78 is 10.6. The number of nitrogens with zero attached hydrogens (tertiary/aromatic N) is 3. The molecular formula is C14H17N5O2. The van der Waals surface area contributed by atoms with Gasteiger partial charge in [-0.2, -0.15) is 0 Å². The first-order valence-electron chi connectivity index (χ1n) is 6.55. The second-order valence-corrected chi connectivity index (χ2v) is 4.90. The summed E-state index contributed by atoms with van der Waals surface area (Å²) in [6.45, 7) is 0.863. The van der Waals surface area contributed by atoms with Crippen LogP contribution < -0.4 is 25.4 Å². The maximum Gasteiger partial charge on any atom is 0.231 e. The molecule has 0 unspecified atom stereocenters. The molecule has 1 aromatic carbocycles. The molecule has 3 rings (SSSR count). The van der Waals surface area contributed by atoms with Crippen LogP contribution in [0.1, 0.15) is 5.56 Å². The average molecular weight is 287 g/mol. The molecule has 0 aliphatic carbocycles. The van der Waals surface area contributed by atoms with Crippen molar-refractivity contribution in [3.63, 3.8) is 0 Å². The predicted molar refractivity (Wildman–Crippen MR) is 80.7 cm³/mol. The van der Waals surface area contributed by atoms with Gasteiger partial charge >= 0.3 is 0 Å². The number of hydrogen-bond donors (Lipinski definition) is 2. The highest BCUT2D eigenvalue weighted by molar-refractivity contribution is 5.74. The van der Waals surface area contributed by atoms with Gasteiger partial charge in [-0.1, -0.05) is 6.07 Å². The van der Waals surface area contributed by atoms with Crippen LogP contribution in [0.15, 0.2) is 24.5 Å². The minimum atomic E-state index is 0.275. The van der Waals surface area contributed by atoms with E-state index in [0.29, 0.717) is 23.9 Å². The van der Waals surface area contributed by atoms with Crippen LogP contribution in [-0.4, -0.2) is 30.9 Å². The van der Waals surface area contributed by atoms with E-state index < -0.39 is 0 Å². The summed E-state index contributed by atoms with van der Waals surface area (Å²) in [7, 11) is 3.78. The van der Waals surface area contributed by atoms with Crippen LogP contribution in [0, 0.1) is 0 Å². The Balaban J connectivity index is 1.75. The van der Waals surface area contributed by atoms with Crippen molar-refractivity contribution in [2.75, 3.05) is 36.8 Å². The number of hydrogen-bond acceptors (Lipinski definition) is 7. The number of fused-ring (bicyclic) bond motifs is 1. The number of nitrogens with one attached hydrogen (secondary N) is 1. The summed E-state index contributed by atoms with van der Waals surface area (Å²) >= 11 is 0. The quantitative estimate of drug-likeness (QED) is 0.880. The molecule has 1 aliphatic rings. The highest BCUT2D eigenvalue weighted by Crippen LogP contribution is 2.33. The van der Waals surface area contributed by atoms with E-state index in [-0.39, 0.29) is 6.79 Å². The van der Waals surface area contributed by atoms with Gasteiger partial charge in [0.05, 0.1) is 0 Å². The van der Waals surface area contributed by atoms with Gasteiger partial charge in [0.25, 0.3) is 0 Å². The molecule has 0 saturated heterocycles. The van der Waals surface area contributed by atoms with Crippen LogP contribution in [0.3, 0.4) is 0 Å². The zero-order valence-corrected chi connectivity index (χ0v) is 12.0. The Hall–Kier alpha value is -2.70. The summed E-state index contributed by atoms with van der Waals surface area (Å²) in [6.07, 6.45) is 1.49. The van der Waals surface area contributed by atoms with E-state index in [1.807, 2.05) is 37.2 Å². The first kappa shape index (κ1) is 13.3. The summed E-state index contributed by atoms with van der Waals surface area (Å²) in [5.74, 6) is 2.85. The molecule has 0 amide bonds.